The molecule has 0 saturated heterocycles. The topological polar surface area (TPSA) is 66.3 Å². The van der Waals surface area contributed by atoms with E-state index in [4.69, 9.17) is 5.11 Å². The van der Waals surface area contributed by atoms with Crippen LogP contribution in [0.5, 0.6) is 0 Å². The molecule has 0 aromatic carbocycles. The first-order valence-electron chi connectivity index (χ1n) is 5.48. The number of anilines is 1. The number of hydrogen-bond donors (Lipinski definition) is 1. The molecule has 0 amide bonds. The van der Waals surface area contributed by atoms with E-state index >= 15 is 0 Å². The number of carboxylic acid groups (broad SMARTS) is 1. The molecule has 16 heavy (non-hydrogen) atoms. The van der Waals surface area contributed by atoms with Crippen molar-refractivity contribution in [3.05, 3.63) is 18.6 Å². The highest BCUT2D eigenvalue weighted by atomic mass is 16.4. The van der Waals surface area contributed by atoms with E-state index in [1.807, 2.05) is 4.90 Å². The van der Waals surface area contributed by atoms with Crippen molar-refractivity contribution >= 4 is 11.8 Å². The van der Waals surface area contributed by atoms with Crippen LogP contribution in [0, 0.1) is 5.92 Å². The van der Waals surface area contributed by atoms with E-state index in [9.17, 15) is 4.79 Å². The summed E-state index contributed by atoms with van der Waals surface area (Å²) in [5.74, 6) is 0.705. The standard InChI is InChI=1S/C11H15N3O2/c15-11(16)3-6-14(8-9-1-2-9)10-7-12-4-5-13-10/h4-5,7,9H,1-3,6,8H2,(H,15,16). The molecule has 2 rings (SSSR count). The Bertz CT molecular complexity index is 352. The molecule has 5 nitrogen and oxygen atoms in total. The number of aliphatic carboxylic acids is 1. The molecule has 0 bridgehead atoms. The third kappa shape index (κ3) is 3.18. The lowest BCUT2D eigenvalue weighted by molar-refractivity contribution is -0.136. The maximum Gasteiger partial charge on any atom is 0.305 e. The molecule has 1 aromatic heterocycles. The quantitative estimate of drug-likeness (QED) is 0.781. The van der Waals surface area contributed by atoms with Gasteiger partial charge in [0.05, 0.1) is 12.6 Å². The Morgan fingerprint density at radius 3 is 2.88 bits per heavy atom. The lowest BCUT2D eigenvalue weighted by Crippen LogP contribution is -2.29. The Labute approximate surface area is 94.1 Å². The summed E-state index contributed by atoms with van der Waals surface area (Å²) in [5.41, 5.74) is 0. The van der Waals surface area contributed by atoms with Gasteiger partial charge in [-0.2, -0.15) is 0 Å². The molecule has 1 heterocycles. The Morgan fingerprint density at radius 2 is 2.31 bits per heavy atom. The van der Waals surface area contributed by atoms with Gasteiger partial charge in [0.25, 0.3) is 0 Å². The highest BCUT2D eigenvalue weighted by molar-refractivity contribution is 5.67. The second kappa shape index (κ2) is 4.92. The number of carbonyl (C=O) groups is 1. The molecule has 1 aliphatic rings. The SMILES string of the molecule is O=C(O)CCN(CC1CC1)c1cnccn1. The van der Waals surface area contributed by atoms with Crippen molar-refractivity contribution < 1.29 is 9.90 Å². The van der Waals surface area contributed by atoms with Gasteiger partial charge in [-0.25, -0.2) is 4.98 Å². The van der Waals surface area contributed by atoms with E-state index in [0.717, 1.165) is 12.4 Å². The van der Waals surface area contributed by atoms with Gasteiger partial charge in [-0.15, -0.1) is 0 Å². The Kier molecular flexibility index (Phi) is 3.34. The summed E-state index contributed by atoms with van der Waals surface area (Å²) in [5, 5.41) is 8.70. The molecule has 0 aliphatic heterocycles. The first-order valence-corrected chi connectivity index (χ1v) is 5.48. The van der Waals surface area contributed by atoms with Gasteiger partial charge in [0.15, 0.2) is 0 Å². The zero-order chi connectivity index (χ0) is 11.4. The molecular weight excluding hydrogens is 206 g/mol. The van der Waals surface area contributed by atoms with Gasteiger partial charge in [0.2, 0.25) is 0 Å². The van der Waals surface area contributed by atoms with Gasteiger partial charge >= 0.3 is 5.97 Å². The van der Waals surface area contributed by atoms with Crippen LogP contribution in [0.15, 0.2) is 18.6 Å². The predicted molar refractivity (Wildman–Crippen MR) is 59.2 cm³/mol. The van der Waals surface area contributed by atoms with E-state index in [1.54, 1.807) is 18.6 Å². The second-order valence-corrected chi connectivity index (χ2v) is 4.10. The second-order valence-electron chi connectivity index (χ2n) is 4.10. The number of rotatable bonds is 6. The lowest BCUT2D eigenvalue weighted by Gasteiger charge is -2.22. The minimum Gasteiger partial charge on any atom is -0.481 e. The third-order valence-electron chi connectivity index (χ3n) is 2.64. The summed E-state index contributed by atoms with van der Waals surface area (Å²) < 4.78 is 0. The molecule has 1 N–H and O–H groups in total. The molecule has 0 atom stereocenters. The minimum atomic E-state index is -0.773. The number of nitrogens with zero attached hydrogens (tertiary/aromatic N) is 3. The van der Waals surface area contributed by atoms with Crippen LogP contribution in [0.2, 0.25) is 0 Å². The lowest BCUT2D eigenvalue weighted by atomic mass is 10.3. The van der Waals surface area contributed by atoms with Crippen LogP contribution in [0.1, 0.15) is 19.3 Å². The Hall–Kier alpha value is -1.65. The van der Waals surface area contributed by atoms with Crippen molar-refractivity contribution in [3.8, 4) is 0 Å². The molecule has 0 unspecified atom stereocenters. The van der Waals surface area contributed by atoms with Crippen LogP contribution in [0.4, 0.5) is 5.82 Å². The molecule has 1 fully saturated rings. The van der Waals surface area contributed by atoms with Crippen molar-refractivity contribution in [2.75, 3.05) is 18.0 Å². The fourth-order valence-electron chi connectivity index (χ4n) is 1.60. The maximum absolute atomic E-state index is 10.6. The fraction of sp³-hybridized carbons (Fsp3) is 0.545. The molecule has 1 saturated carbocycles. The summed E-state index contributed by atoms with van der Waals surface area (Å²) in [4.78, 5) is 20.8. The van der Waals surface area contributed by atoms with E-state index in [-0.39, 0.29) is 6.42 Å². The fourth-order valence-corrected chi connectivity index (χ4v) is 1.60. The number of aromatic nitrogens is 2. The molecule has 5 heteroatoms. The number of carboxylic acids is 1. The van der Waals surface area contributed by atoms with Gasteiger partial charge in [0, 0.05) is 25.5 Å². The first-order chi connectivity index (χ1) is 7.75. The Morgan fingerprint density at radius 1 is 1.50 bits per heavy atom. The largest absolute Gasteiger partial charge is 0.481 e. The van der Waals surface area contributed by atoms with Crippen LogP contribution in [0.25, 0.3) is 0 Å². The third-order valence-corrected chi connectivity index (χ3v) is 2.64. The summed E-state index contributed by atoms with van der Waals surface area (Å²) in [6.07, 6.45) is 7.56. The van der Waals surface area contributed by atoms with Crippen LogP contribution < -0.4 is 4.90 Å². The summed E-state index contributed by atoms with van der Waals surface area (Å²) >= 11 is 0. The zero-order valence-electron chi connectivity index (χ0n) is 9.04. The summed E-state index contributed by atoms with van der Waals surface area (Å²) in [7, 11) is 0. The smallest absolute Gasteiger partial charge is 0.305 e. The van der Waals surface area contributed by atoms with E-state index in [0.29, 0.717) is 12.5 Å². The monoisotopic (exact) mass is 221 g/mol. The highest BCUT2D eigenvalue weighted by Crippen LogP contribution is 2.30. The van der Waals surface area contributed by atoms with Crippen LogP contribution in [-0.2, 0) is 4.79 Å². The van der Waals surface area contributed by atoms with Gasteiger partial charge in [-0.1, -0.05) is 0 Å². The molecular formula is C11H15N3O2. The van der Waals surface area contributed by atoms with Gasteiger partial charge < -0.3 is 10.0 Å². The average Bonchev–Trinajstić information content (AvgIpc) is 3.09. The minimum absolute atomic E-state index is 0.142. The summed E-state index contributed by atoms with van der Waals surface area (Å²) in [6, 6.07) is 0. The van der Waals surface area contributed by atoms with Crippen molar-refractivity contribution in [1.82, 2.24) is 9.97 Å². The molecule has 1 aromatic rings. The number of hydrogen-bond acceptors (Lipinski definition) is 4. The van der Waals surface area contributed by atoms with E-state index in [2.05, 4.69) is 9.97 Å². The van der Waals surface area contributed by atoms with Gasteiger partial charge in [0.1, 0.15) is 5.82 Å². The first kappa shape index (κ1) is 10.9. The van der Waals surface area contributed by atoms with Crippen molar-refractivity contribution in [1.29, 1.82) is 0 Å². The van der Waals surface area contributed by atoms with Crippen molar-refractivity contribution in [2.45, 2.75) is 19.3 Å². The molecule has 1 aliphatic carbocycles. The molecule has 0 radical (unpaired) electrons. The van der Waals surface area contributed by atoms with Crippen molar-refractivity contribution in [3.63, 3.8) is 0 Å². The van der Waals surface area contributed by atoms with Crippen LogP contribution >= 0.6 is 0 Å². The molecule has 0 spiro atoms. The highest BCUT2D eigenvalue weighted by Gasteiger charge is 2.25. The molecule has 86 valence electrons. The maximum atomic E-state index is 10.6. The van der Waals surface area contributed by atoms with E-state index < -0.39 is 5.97 Å². The predicted octanol–water partition coefficient (Wildman–Crippen LogP) is 1.17. The zero-order valence-corrected chi connectivity index (χ0v) is 9.04. The normalized spacial score (nSPS) is 14.8. The van der Waals surface area contributed by atoms with Crippen LogP contribution in [0.3, 0.4) is 0 Å². The van der Waals surface area contributed by atoms with E-state index in [1.165, 1.54) is 12.8 Å². The van der Waals surface area contributed by atoms with Gasteiger partial charge in [-0.05, 0) is 18.8 Å². The summed E-state index contributed by atoms with van der Waals surface area (Å²) in [6.45, 7) is 1.40. The Balaban J connectivity index is 1.98. The van der Waals surface area contributed by atoms with Gasteiger partial charge in [-0.3, -0.25) is 9.78 Å². The van der Waals surface area contributed by atoms with Crippen LogP contribution in [-0.4, -0.2) is 34.1 Å². The van der Waals surface area contributed by atoms with Crippen molar-refractivity contribution in [2.24, 2.45) is 5.92 Å². The average molecular weight is 221 g/mol.